The highest BCUT2D eigenvalue weighted by Gasteiger charge is 2.23. The number of nitrogen functional groups attached to an aromatic ring is 1. The Kier molecular flexibility index (Phi) is 11.1. The van der Waals surface area contributed by atoms with Crippen molar-refractivity contribution in [3.63, 3.8) is 0 Å². The maximum absolute atomic E-state index is 12.7. The van der Waals surface area contributed by atoms with Gasteiger partial charge in [-0.1, -0.05) is 12.1 Å². The third kappa shape index (κ3) is 9.74. The van der Waals surface area contributed by atoms with Gasteiger partial charge in [-0.05, 0) is 48.0 Å². The molecule has 0 heterocycles. The van der Waals surface area contributed by atoms with E-state index in [1.807, 2.05) is 0 Å². The number of carbonyl (C=O) groups is 1. The van der Waals surface area contributed by atoms with Crippen molar-refractivity contribution in [3.05, 3.63) is 77.9 Å². The van der Waals surface area contributed by atoms with Gasteiger partial charge in [-0.2, -0.15) is 25.3 Å². The van der Waals surface area contributed by atoms with Gasteiger partial charge in [-0.15, -0.1) is 11.6 Å². The summed E-state index contributed by atoms with van der Waals surface area (Å²) in [7, 11) is -17.4. The number of benzene rings is 4. The molecule has 0 saturated heterocycles. The first kappa shape index (κ1) is 37.4. The third-order valence-electron chi connectivity index (χ3n) is 6.14. The van der Waals surface area contributed by atoms with Gasteiger partial charge in [0.05, 0.1) is 32.7 Å². The van der Waals surface area contributed by atoms with Gasteiger partial charge in [0.2, 0.25) is 0 Å². The summed E-state index contributed by atoms with van der Waals surface area (Å²) in [5.74, 6) is -2.41. The van der Waals surface area contributed by atoms with Crippen molar-refractivity contribution in [2.75, 3.05) is 22.7 Å². The molecule has 0 bridgehead atoms. The van der Waals surface area contributed by atoms with Crippen LogP contribution in [-0.2, 0) is 45.9 Å². The first-order valence-corrected chi connectivity index (χ1v) is 19.2. The minimum Gasteiger partial charge on any atom is -0.507 e. The van der Waals surface area contributed by atoms with Crippen molar-refractivity contribution in [2.24, 2.45) is 0 Å². The molecular weight excluding hydrogens is 728 g/mol. The lowest BCUT2D eigenvalue weighted by Crippen LogP contribution is -2.14. The lowest BCUT2D eigenvalue weighted by molar-refractivity contribution is 0.102. The molecule has 0 saturated carbocycles. The Hall–Kier alpha value is -4.02. The second kappa shape index (κ2) is 14.0. The molecule has 4 aromatic carbocycles. The highest BCUT2D eigenvalue weighted by atomic mass is 35.5. The lowest BCUT2D eigenvalue weighted by Gasteiger charge is -2.14. The van der Waals surface area contributed by atoms with Gasteiger partial charge in [0, 0.05) is 34.3 Å². The van der Waals surface area contributed by atoms with Gasteiger partial charge in [-0.25, -0.2) is 8.42 Å². The summed E-state index contributed by atoms with van der Waals surface area (Å²) in [6.07, 6.45) is 0. The van der Waals surface area contributed by atoms with Gasteiger partial charge >= 0.3 is 0 Å². The minimum absolute atomic E-state index is 0.0499. The number of rotatable bonds is 9. The SMILES string of the molecule is Nc1ccc(S(=O)(=O)O)cc1O.O=C(Nc1ccc(S(=O)(=O)O)c2cc(S(=O)(=O)O)cc(O)c12)c1ccc(CS(=O)(=O)CCCl)cc1. The first-order chi connectivity index (χ1) is 21.5. The highest BCUT2D eigenvalue weighted by molar-refractivity contribution is 7.90. The number of phenolic OH excluding ortho intramolecular Hbond substituents is 2. The van der Waals surface area contributed by atoms with Crippen LogP contribution in [0.2, 0.25) is 0 Å². The van der Waals surface area contributed by atoms with Crippen LogP contribution in [0.25, 0.3) is 10.8 Å². The molecule has 4 rings (SSSR count). The zero-order chi connectivity index (χ0) is 35.5. The van der Waals surface area contributed by atoms with E-state index in [1.165, 1.54) is 30.3 Å². The van der Waals surface area contributed by atoms with E-state index in [0.29, 0.717) is 11.6 Å². The Bertz CT molecular complexity index is 2290. The number of phenols is 2. The number of amides is 1. The van der Waals surface area contributed by atoms with Crippen LogP contribution in [0.3, 0.4) is 0 Å². The maximum Gasteiger partial charge on any atom is 0.295 e. The van der Waals surface area contributed by atoms with Gasteiger partial charge in [0.15, 0.2) is 9.84 Å². The minimum atomic E-state index is -4.89. The smallest absolute Gasteiger partial charge is 0.295 e. The van der Waals surface area contributed by atoms with Crippen LogP contribution in [0.15, 0.2) is 81.4 Å². The van der Waals surface area contributed by atoms with Crippen molar-refractivity contribution in [1.82, 2.24) is 0 Å². The molecule has 0 aliphatic heterocycles. The van der Waals surface area contributed by atoms with Crippen LogP contribution in [0.4, 0.5) is 11.4 Å². The number of nitrogens with two attached hydrogens (primary N) is 1. The molecule has 254 valence electrons. The van der Waals surface area contributed by atoms with E-state index in [-0.39, 0.29) is 50.4 Å². The van der Waals surface area contributed by atoms with Crippen LogP contribution in [-0.4, -0.2) is 75.1 Å². The quantitative estimate of drug-likeness (QED) is 0.0560. The molecule has 0 atom stereocenters. The van der Waals surface area contributed by atoms with Crippen LogP contribution < -0.4 is 11.1 Å². The van der Waals surface area contributed by atoms with E-state index in [4.69, 9.17) is 27.0 Å². The Morgan fingerprint density at radius 3 is 1.81 bits per heavy atom. The number of alkyl halides is 1. The van der Waals surface area contributed by atoms with Gasteiger partial charge in [-0.3, -0.25) is 18.5 Å². The van der Waals surface area contributed by atoms with E-state index in [1.54, 1.807) is 0 Å². The number of hydrogen-bond acceptors (Lipinski definition) is 12. The molecule has 0 aliphatic rings. The molecule has 0 aromatic heterocycles. The largest absolute Gasteiger partial charge is 0.507 e. The Balaban J connectivity index is 0.000000420. The normalized spacial score (nSPS) is 12.3. The summed E-state index contributed by atoms with van der Waals surface area (Å²) in [5.41, 5.74) is 5.64. The third-order valence-corrected chi connectivity index (χ3v) is 10.7. The van der Waals surface area contributed by atoms with Gasteiger partial charge < -0.3 is 21.3 Å². The average Bonchev–Trinajstić information content (AvgIpc) is 2.93. The predicted molar refractivity (Wildman–Crippen MR) is 170 cm³/mol. The van der Waals surface area contributed by atoms with E-state index in [2.05, 4.69) is 5.32 Å². The molecular formula is C26H25ClN2O14S4. The molecule has 0 radical (unpaired) electrons. The van der Waals surface area contributed by atoms with Crippen LogP contribution in [0.5, 0.6) is 11.5 Å². The first-order valence-electron chi connectivity index (χ1n) is 12.5. The number of halogens is 1. The molecule has 0 fully saturated rings. The fourth-order valence-corrected chi connectivity index (χ4v) is 7.45. The number of carbonyl (C=O) groups excluding carboxylic acids is 1. The van der Waals surface area contributed by atoms with Gasteiger partial charge in [0.25, 0.3) is 36.3 Å². The number of anilines is 2. The zero-order valence-corrected chi connectivity index (χ0v) is 27.5. The van der Waals surface area contributed by atoms with E-state index in [9.17, 15) is 52.7 Å². The molecule has 8 N–H and O–H groups in total. The summed E-state index contributed by atoms with van der Waals surface area (Å²) in [5, 5.41) is 21.0. The van der Waals surface area contributed by atoms with Crippen molar-refractivity contribution < 1.29 is 62.3 Å². The van der Waals surface area contributed by atoms with E-state index >= 15 is 0 Å². The standard InChI is InChI=1S/C20H18ClNO10S3.C6H7NO4S/c21-7-8-33(25,26)11-12-1-3-13(4-2-12)20(24)22-16-5-6-18(35(30,31)32)15-9-14(34(27,28)29)10-17(23)19(15)16;7-5-2-1-4(3-6(5)8)12(9,10)11/h1-6,9-10,23H,7-8,11H2,(H,22,24)(H,27,28,29)(H,30,31,32);1-3,8H,7H2,(H,9,10,11). The molecule has 4 aromatic rings. The summed E-state index contributed by atoms with van der Waals surface area (Å²) >= 11 is 5.47. The van der Waals surface area contributed by atoms with E-state index in [0.717, 1.165) is 30.3 Å². The number of sulfone groups is 1. The maximum atomic E-state index is 12.7. The summed E-state index contributed by atoms with van der Waals surface area (Å²) in [6.45, 7) is 0. The zero-order valence-electron chi connectivity index (χ0n) is 23.5. The van der Waals surface area contributed by atoms with Crippen molar-refractivity contribution >= 4 is 79.8 Å². The highest BCUT2D eigenvalue weighted by Crippen LogP contribution is 2.38. The fourth-order valence-electron chi connectivity index (χ4n) is 3.96. The van der Waals surface area contributed by atoms with Crippen molar-refractivity contribution in [2.45, 2.75) is 20.4 Å². The van der Waals surface area contributed by atoms with Crippen LogP contribution >= 0.6 is 11.6 Å². The predicted octanol–water partition coefficient (Wildman–Crippen LogP) is 2.67. The topological polar surface area (TPSA) is 293 Å². The molecule has 0 unspecified atom stereocenters. The summed E-state index contributed by atoms with van der Waals surface area (Å²) < 4.78 is 119. The Labute approximate surface area is 273 Å². The Morgan fingerprint density at radius 2 is 1.30 bits per heavy atom. The number of hydrogen-bond donors (Lipinski definition) is 7. The second-order valence-corrected chi connectivity index (χ2v) is 16.3. The lowest BCUT2D eigenvalue weighted by atomic mass is 10.1. The molecule has 0 aliphatic carbocycles. The fraction of sp³-hybridized carbons (Fsp3) is 0.115. The van der Waals surface area contributed by atoms with E-state index < -0.39 is 67.0 Å². The number of nitrogens with one attached hydrogen (secondary N) is 1. The monoisotopic (exact) mass is 752 g/mol. The molecule has 47 heavy (non-hydrogen) atoms. The number of fused-ring (bicyclic) bond motifs is 1. The molecule has 21 heteroatoms. The van der Waals surface area contributed by atoms with Crippen LogP contribution in [0.1, 0.15) is 15.9 Å². The molecule has 0 spiro atoms. The van der Waals surface area contributed by atoms with Crippen molar-refractivity contribution in [3.8, 4) is 11.5 Å². The van der Waals surface area contributed by atoms with Gasteiger partial charge in [0.1, 0.15) is 16.4 Å². The summed E-state index contributed by atoms with van der Waals surface area (Å²) in [4.78, 5) is 10.8. The van der Waals surface area contributed by atoms with Crippen LogP contribution in [0, 0.1) is 0 Å². The molecule has 16 nitrogen and oxygen atoms in total. The van der Waals surface area contributed by atoms with Crippen molar-refractivity contribution in [1.29, 1.82) is 0 Å². The Morgan fingerprint density at radius 1 is 0.723 bits per heavy atom. The second-order valence-electron chi connectivity index (χ2n) is 9.55. The average molecular weight is 753 g/mol. The molecule has 1 amide bonds. The number of aromatic hydroxyl groups is 2. The summed E-state index contributed by atoms with van der Waals surface area (Å²) in [6, 6.07) is 12.1.